The molecule has 5 nitrogen and oxygen atoms in total. The molecule has 28 heavy (non-hydrogen) atoms. The lowest BCUT2D eigenvalue weighted by Gasteiger charge is -2.43. The lowest BCUT2D eigenvalue weighted by atomic mass is 9.94. The number of hydrogen-bond donors (Lipinski definition) is 1. The number of ether oxygens (including phenoxy) is 1. The van der Waals surface area contributed by atoms with Crippen molar-refractivity contribution in [2.75, 3.05) is 30.0 Å². The molecule has 0 aliphatic carbocycles. The van der Waals surface area contributed by atoms with Crippen molar-refractivity contribution in [3.8, 4) is 16.9 Å². The number of nitrogens with zero attached hydrogens (tertiary/aromatic N) is 3. The lowest BCUT2D eigenvalue weighted by molar-refractivity contribution is 0.322. The Morgan fingerprint density at radius 3 is 2.11 bits per heavy atom. The number of rotatable bonds is 5. The first kappa shape index (κ1) is 20.1. The molecule has 0 spiro atoms. The fourth-order valence-corrected chi connectivity index (χ4v) is 4.04. The highest BCUT2D eigenvalue weighted by atomic mass is 16.5. The lowest BCUT2D eigenvalue weighted by Crippen LogP contribution is -2.46. The summed E-state index contributed by atoms with van der Waals surface area (Å²) in [6.45, 7) is 13.2. The molecule has 3 rings (SSSR count). The normalized spacial score (nSPS) is 14.3. The zero-order chi connectivity index (χ0) is 20.4. The highest BCUT2D eigenvalue weighted by molar-refractivity contribution is 5.88. The van der Waals surface area contributed by atoms with Crippen LogP contribution in [0, 0.1) is 6.92 Å². The SMILES string of the molecule is COc1ccc(C=NO)cc1-c1cc2c(cc1C)N(C(C)C)CCN2C(C)C. The van der Waals surface area contributed by atoms with Crippen molar-refractivity contribution in [3.05, 3.63) is 41.5 Å². The standard InChI is InChI=1S/C23H31N3O2/c1-15(2)25-9-10-26(16(3)4)22-13-19(17(5)11-21(22)25)20-12-18(14-24-27)7-8-23(20)28-6/h7-8,11-16,27H,9-10H2,1-6H3. The Bertz CT molecular complexity index is 874. The number of anilines is 2. The maximum atomic E-state index is 8.92. The molecular formula is C23H31N3O2. The van der Waals surface area contributed by atoms with Crippen molar-refractivity contribution < 1.29 is 9.94 Å². The van der Waals surface area contributed by atoms with Gasteiger partial charge in [0.1, 0.15) is 5.75 Å². The second-order valence-corrected chi connectivity index (χ2v) is 7.93. The Morgan fingerprint density at radius 2 is 1.57 bits per heavy atom. The van der Waals surface area contributed by atoms with Crippen LogP contribution in [0.3, 0.4) is 0 Å². The van der Waals surface area contributed by atoms with Gasteiger partial charge in [0.15, 0.2) is 0 Å². The van der Waals surface area contributed by atoms with Gasteiger partial charge in [-0.3, -0.25) is 0 Å². The maximum absolute atomic E-state index is 8.92. The molecule has 1 N–H and O–H groups in total. The highest BCUT2D eigenvalue weighted by Gasteiger charge is 2.27. The van der Waals surface area contributed by atoms with E-state index in [1.807, 2.05) is 18.2 Å². The quantitative estimate of drug-likeness (QED) is 0.454. The molecule has 0 atom stereocenters. The van der Waals surface area contributed by atoms with Gasteiger partial charge in [0.05, 0.1) is 24.7 Å². The number of oxime groups is 1. The van der Waals surface area contributed by atoms with Crippen molar-refractivity contribution in [2.45, 2.75) is 46.7 Å². The summed E-state index contributed by atoms with van der Waals surface area (Å²) in [6.07, 6.45) is 1.44. The molecule has 0 radical (unpaired) electrons. The van der Waals surface area contributed by atoms with E-state index in [9.17, 15) is 0 Å². The van der Waals surface area contributed by atoms with Crippen LogP contribution < -0.4 is 14.5 Å². The van der Waals surface area contributed by atoms with Gasteiger partial charge in [0.2, 0.25) is 0 Å². The van der Waals surface area contributed by atoms with Crippen LogP contribution in [0.1, 0.15) is 38.8 Å². The molecule has 1 aliphatic rings. The third-order valence-electron chi connectivity index (χ3n) is 5.49. The molecule has 0 bridgehead atoms. The summed E-state index contributed by atoms with van der Waals surface area (Å²) < 4.78 is 5.63. The highest BCUT2D eigenvalue weighted by Crippen LogP contribution is 2.42. The van der Waals surface area contributed by atoms with E-state index >= 15 is 0 Å². The van der Waals surface area contributed by atoms with E-state index in [-0.39, 0.29) is 0 Å². The van der Waals surface area contributed by atoms with E-state index in [0.29, 0.717) is 12.1 Å². The minimum Gasteiger partial charge on any atom is -0.496 e. The Hall–Kier alpha value is -2.69. The van der Waals surface area contributed by atoms with Crippen LogP contribution in [0.2, 0.25) is 0 Å². The topological polar surface area (TPSA) is 48.3 Å². The average Bonchev–Trinajstić information content (AvgIpc) is 2.66. The van der Waals surface area contributed by atoms with E-state index in [1.165, 1.54) is 23.2 Å². The molecule has 0 aromatic heterocycles. The van der Waals surface area contributed by atoms with E-state index in [0.717, 1.165) is 35.5 Å². The van der Waals surface area contributed by atoms with Crippen molar-refractivity contribution in [2.24, 2.45) is 5.16 Å². The predicted octanol–water partition coefficient (Wildman–Crippen LogP) is 4.92. The summed E-state index contributed by atoms with van der Waals surface area (Å²) in [7, 11) is 1.69. The molecule has 2 aromatic rings. The Kier molecular flexibility index (Phi) is 5.82. The zero-order valence-corrected chi connectivity index (χ0v) is 17.7. The molecule has 0 fully saturated rings. The number of fused-ring (bicyclic) bond motifs is 1. The summed E-state index contributed by atoms with van der Waals surface area (Å²) in [4.78, 5) is 4.96. The fourth-order valence-electron chi connectivity index (χ4n) is 4.04. The van der Waals surface area contributed by atoms with Crippen molar-refractivity contribution in [3.63, 3.8) is 0 Å². The molecule has 0 unspecified atom stereocenters. The van der Waals surface area contributed by atoms with Gasteiger partial charge in [-0.25, -0.2) is 0 Å². The molecular weight excluding hydrogens is 350 g/mol. The van der Waals surface area contributed by atoms with Gasteiger partial charge in [-0.1, -0.05) is 5.16 Å². The third-order valence-corrected chi connectivity index (χ3v) is 5.49. The van der Waals surface area contributed by atoms with Gasteiger partial charge in [-0.05, 0) is 81.6 Å². The molecule has 1 heterocycles. The Labute approximate surface area is 168 Å². The van der Waals surface area contributed by atoms with Crippen LogP contribution in [0.5, 0.6) is 5.75 Å². The van der Waals surface area contributed by atoms with Crippen molar-refractivity contribution in [1.82, 2.24) is 0 Å². The van der Waals surface area contributed by atoms with Crippen LogP contribution in [-0.2, 0) is 0 Å². The van der Waals surface area contributed by atoms with Crippen LogP contribution in [0.4, 0.5) is 11.4 Å². The summed E-state index contributed by atoms with van der Waals surface area (Å²) >= 11 is 0. The third kappa shape index (κ3) is 3.66. The first-order valence-electron chi connectivity index (χ1n) is 9.91. The van der Waals surface area contributed by atoms with E-state index in [1.54, 1.807) is 7.11 Å². The smallest absolute Gasteiger partial charge is 0.126 e. The van der Waals surface area contributed by atoms with Crippen LogP contribution in [0.25, 0.3) is 11.1 Å². The molecule has 0 saturated heterocycles. The van der Waals surface area contributed by atoms with E-state index in [4.69, 9.17) is 9.94 Å². The predicted molar refractivity (Wildman–Crippen MR) is 118 cm³/mol. The minimum absolute atomic E-state index is 0.429. The number of methoxy groups -OCH3 is 1. The van der Waals surface area contributed by atoms with Gasteiger partial charge in [0.25, 0.3) is 0 Å². The van der Waals surface area contributed by atoms with Crippen molar-refractivity contribution >= 4 is 17.6 Å². The van der Waals surface area contributed by atoms with E-state index in [2.05, 4.69) is 61.7 Å². The van der Waals surface area contributed by atoms with Crippen LogP contribution >= 0.6 is 0 Å². The van der Waals surface area contributed by atoms with Gasteiger partial charge in [0, 0.05) is 30.7 Å². The Morgan fingerprint density at radius 1 is 0.964 bits per heavy atom. The largest absolute Gasteiger partial charge is 0.496 e. The monoisotopic (exact) mass is 381 g/mol. The number of benzene rings is 2. The van der Waals surface area contributed by atoms with E-state index < -0.39 is 0 Å². The second kappa shape index (κ2) is 8.13. The summed E-state index contributed by atoms with van der Waals surface area (Å²) in [5, 5.41) is 12.1. The maximum Gasteiger partial charge on any atom is 0.126 e. The molecule has 5 heteroatoms. The summed E-state index contributed by atoms with van der Waals surface area (Å²) in [5.41, 5.74) is 6.74. The number of hydrogen-bond acceptors (Lipinski definition) is 5. The molecule has 1 aliphatic heterocycles. The van der Waals surface area contributed by atoms with Gasteiger partial charge in [-0.2, -0.15) is 0 Å². The molecule has 0 amide bonds. The molecule has 2 aromatic carbocycles. The average molecular weight is 382 g/mol. The molecule has 150 valence electrons. The van der Waals surface area contributed by atoms with Gasteiger partial charge < -0.3 is 19.7 Å². The fraction of sp³-hybridized carbons (Fsp3) is 0.435. The Balaban J connectivity index is 2.22. The minimum atomic E-state index is 0.429. The molecule has 0 saturated carbocycles. The first-order valence-corrected chi connectivity index (χ1v) is 9.91. The van der Waals surface area contributed by atoms with Crippen LogP contribution in [0.15, 0.2) is 35.5 Å². The number of aryl methyl sites for hydroxylation is 1. The van der Waals surface area contributed by atoms with Crippen molar-refractivity contribution in [1.29, 1.82) is 0 Å². The van der Waals surface area contributed by atoms with Crippen LogP contribution in [-0.4, -0.2) is 43.7 Å². The van der Waals surface area contributed by atoms with Gasteiger partial charge >= 0.3 is 0 Å². The zero-order valence-electron chi connectivity index (χ0n) is 17.7. The first-order chi connectivity index (χ1) is 13.4. The second-order valence-electron chi connectivity index (χ2n) is 7.93. The summed E-state index contributed by atoms with van der Waals surface area (Å²) in [5.74, 6) is 0.811. The summed E-state index contributed by atoms with van der Waals surface area (Å²) in [6, 6.07) is 11.3. The van der Waals surface area contributed by atoms with Gasteiger partial charge in [-0.15, -0.1) is 0 Å².